The molecule has 1 aromatic heterocycles. The minimum Gasteiger partial charge on any atom is -0.495 e. The lowest BCUT2D eigenvalue weighted by Crippen LogP contribution is -2.04. The predicted octanol–water partition coefficient (Wildman–Crippen LogP) is 3.53. The van der Waals surface area contributed by atoms with Crippen molar-refractivity contribution in [2.75, 3.05) is 14.2 Å². The second-order valence-corrected chi connectivity index (χ2v) is 5.41. The van der Waals surface area contributed by atoms with Crippen LogP contribution in [0.4, 0.5) is 0 Å². The standard InChI is InChI=1S/C16H18BrNO3/c1-20-14-8-6-12(16(21-2)15(14)17)13(19)7-5-11-4-3-9-18-10-11/h3-4,6,8-10,13,19H,5,7H2,1-2H3. The summed E-state index contributed by atoms with van der Waals surface area (Å²) in [6, 6.07) is 7.54. The number of aromatic nitrogens is 1. The molecule has 0 aliphatic rings. The number of benzene rings is 1. The van der Waals surface area contributed by atoms with Gasteiger partial charge in [0.2, 0.25) is 0 Å². The third-order valence-corrected chi connectivity index (χ3v) is 4.06. The van der Waals surface area contributed by atoms with Gasteiger partial charge in [0.25, 0.3) is 0 Å². The molecule has 0 radical (unpaired) electrons. The van der Waals surface area contributed by atoms with E-state index in [1.807, 2.05) is 30.5 Å². The van der Waals surface area contributed by atoms with Crippen LogP contribution in [0.1, 0.15) is 23.7 Å². The molecular weight excluding hydrogens is 334 g/mol. The Bertz CT molecular complexity index is 590. The van der Waals surface area contributed by atoms with E-state index in [1.54, 1.807) is 20.4 Å². The van der Waals surface area contributed by atoms with Gasteiger partial charge in [-0.05, 0) is 52.5 Å². The number of nitrogens with zero attached hydrogens (tertiary/aromatic N) is 1. The number of pyridine rings is 1. The van der Waals surface area contributed by atoms with Crippen molar-refractivity contribution >= 4 is 15.9 Å². The summed E-state index contributed by atoms with van der Waals surface area (Å²) < 4.78 is 11.3. The van der Waals surface area contributed by atoms with Crippen molar-refractivity contribution in [3.63, 3.8) is 0 Å². The van der Waals surface area contributed by atoms with E-state index in [-0.39, 0.29) is 0 Å². The average Bonchev–Trinajstić information content (AvgIpc) is 2.53. The summed E-state index contributed by atoms with van der Waals surface area (Å²) >= 11 is 3.45. The zero-order valence-electron chi connectivity index (χ0n) is 12.0. The first kappa shape index (κ1) is 15.8. The zero-order chi connectivity index (χ0) is 15.2. The molecule has 0 spiro atoms. The number of hydrogen-bond donors (Lipinski definition) is 1. The molecule has 2 rings (SSSR count). The van der Waals surface area contributed by atoms with E-state index < -0.39 is 6.10 Å². The van der Waals surface area contributed by atoms with Crippen molar-refractivity contribution in [2.24, 2.45) is 0 Å². The average molecular weight is 352 g/mol. The Morgan fingerprint density at radius 1 is 1.24 bits per heavy atom. The first-order valence-corrected chi connectivity index (χ1v) is 7.44. The van der Waals surface area contributed by atoms with Crippen LogP contribution < -0.4 is 9.47 Å². The highest BCUT2D eigenvalue weighted by Crippen LogP contribution is 2.40. The summed E-state index contributed by atoms with van der Waals surface area (Å²) in [6.07, 6.45) is 4.29. The Morgan fingerprint density at radius 2 is 2.05 bits per heavy atom. The number of aryl methyl sites for hydroxylation is 1. The van der Waals surface area contributed by atoms with Crippen LogP contribution in [0.2, 0.25) is 0 Å². The van der Waals surface area contributed by atoms with Crippen molar-refractivity contribution in [3.05, 3.63) is 52.3 Å². The van der Waals surface area contributed by atoms with Gasteiger partial charge in [0.15, 0.2) is 0 Å². The van der Waals surface area contributed by atoms with Gasteiger partial charge in [0, 0.05) is 18.0 Å². The van der Waals surface area contributed by atoms with Crippen LogP contribution in [0.5, 0.6) is 11.5 Å². The first-order chi connectivity index (χ1) is 10.2. The van der Waals surface area contributed by atoms with Gasteiger partial charge in [0.05, 0.1) is 20.3 Å². The third kappa shape index (κ3) is 3.74. The van der Waals surface area contributed by atoms with Crippen LogP contribution in [0.25, 0.3) is 0 Å². The minimum atomic E-state index is -0.609. The molecule has 1 heterocycles. The largest absolute Gasteiger partial charge is 0.495 e. The summed E-state index contributed by atoms with van der Waals surface area (Å²) in [4.78, 5) is 4.08. The molecule has 1 atom stereocenters. The molecule has 1 aromatic carbocycles. The lowest BCUT2D eigenvalue weighted by Gasteiger charge is -2.17. The quantitative estimate of drug-likeness (QED) is 0.864. The van der Waals surface area contributed by atoms with Crippen LogP contribution in [0, 0.1) is 0 Å². The fraction of sp³-hybridized carbons (Fsp3) is 0.312. The summed E-state index contributed by atoms with van der Waals surface area (Å²) in [5, 5.41) is 10.4. The molecule has 21 heavy (non-hydrogen) atoms. The lowest BCUT2D eigenvalue weighted by molar-refractivity contribution is 0.163. The summed E-state index contributed by atoms with van der Waals surface area (Å²) in [5.74, 6) is 1.28. The molecule has 1 unspecified atom stereocenters. The molecule has 0 amide bonds. The van der Waals surface area contributed by atoms with E-state index in [4.69, 9.17) is 9.47 Å². The van der Waals surface area contributed by atoms with Gasteiger partial charge in [0.1, 0.15) is 16.0 Å². The third-order valence-electron chi connectivity index (χ3n) is 3.30. The highest BCUT2D eigenvalue weighted by atomic mass is 79.9. The van der Waals surface area contributed by atoms with Crippen LogP contribution in [0.3, 0.4) is 0 Å². The highest BCUT2D eigenvalue weighted by Gasteiger charge is 2.18. The van der Waals surface area contributed by atoms with Crippen LogP contribution in [0.15, 0.2) is 41.1 Å². The number of rotatable bonds is 6. The summed E-state index contributed by atoms with van der Waals surface area (Å²) in [7, 11) is 3.18. The van der Waals surface area contributed by atoms with E-state index in [0.29, 0.717) is 22.4 Å². The SMILES string of the molecule is COc1ccc(C(O)CCc2cccnc2)c(OC)c1Br. The van der Waals surface area contributed by atoms with Gasteiger partial charge in [-0.2, -0.15) is 0 Å². The van der Waals surface area contributed by atoms with Gasteiger partial charge < -0.3 is 14.6 Å². The van der Waals surface area contributed by atoms with Gasteiger partial charge >= 0.3 is 0 Å². The number of aliphatic hydroxyl groups is 1. The second-order valence-electron chi connectivity index (χ2n) is 4.62. The maximum absolute atomic E-state index is 10.4. The topological polar surface area (TPSA) is 51.6 Å². The van der Waals surface area contributed by atoms with Gasteiger partial charge in [-0.25, -0.2) is 0 Å². The number of methoxy groups -OCH3 is 2. The Hall–Kier alpha value is -1.59. The van der Waals surface area contributed by atoms with Crippen LogP contribution in [-0.2, 0) is 6.42 Å². The van der Waals surface area contributed by atoms with Crippen molar-refractivity contribution in [3.8, 4) is 11.5 Å². The monoisotopic (exact) mass is 351 g/mol. The summed E-state index contributed by atoms with van der Waals surface area (Å²) in [5.41, 5.74) is 1.84. The molecule has 0 aliphatic heterocycles. The normalized spacial score (nSPS) is 12.0. The molecule has 0 bridgehead atoms. The molecule has 2 aromatic rings. The lowest BCUT2D eigenvalue weighted by atomic mass is 10.0. The molecule has 112 valence electrons. The molecule has 0 saturated carbocycles. The fourth-order valence-electron chi connectivity index (χ4n) is 2.19. The first-order valence-electron chi connectivity index (χ1n) is 6.64. The van der Waals surface area contributed by atoms with Crippen LogP contribution >= 0.6 is 15.9 Å². The zero-order valence-corrected chi connectivity index (χ0v) is 13.6. The smallest absolute Gasteiger partial charge is 0.142 e. The van der Waals surface area contributed by atoms with E-state index >= 15 is 0 Å². The van der Waals surface area contributed by atoms with Gasteiger partial charge in [-0.15, -0.1) is 0 Å². The Balaban J connectivity index is 2.15. The number of hydrogen-bond acceptors (Lipinski definition) is 4. The van der Waals surface area contributed by atoms with Gasteiger partial charge in [-0.1, -0.05) is 6.07 Å². The van der Waals surface area contributed by atoms with E-state index in [0.717, 1.165) is 17.5 Å². The van der Waals surface area contributed by atoms with Crippen molar-refractivity contribution in [2.45, 2.75) is 18.9 Å². The summed E-state index contributed by atoms with van der Waals surface area (Å²) in [6.45, 7) is 0. The van der Waals surface area contributed by atoms with Gasteiger partial charge in [-0.3, -0.25) is 4.98 Å². The molecule has 0 aliphatic carbocycles. The molecular formula is C16H18BrNO3. The van der Waals surface area contributed by atoms with E-state index in [9.17, 15) is 5.11 Å². The molecule has 5 heteroatoms. The van der Waals surface area contributed by atoms with Crippen LogP contribution in [-0.4, -0.2) is 24.3 Å². The number of ether oxygens (including phenoxy) is 2. The predicted molar refractivity (Wildman–Crippen MR) is 84.8 cm³/mol. The molecule has 0 saturated heterocycles. The van der Waals surface area contributed by atoms with Crippen molar-refractivity contribution in [1.29, 1.82) is 0 Å². The maximum Gasteiger partial charge on any atom is 0.142 e. The maximum atomic E-state index is 10.4. The fourth-order valence-corrected chi connectivity index (χ4v) is 2.87. The van der Waals surface area contributed by atoms with Crippen molar-refractivity contribution < 1.29 is 14.6 Å². The molecule has 4 nitrogen and oxygen atoms in total. The Morgan fingerprint density at radius 3 is 2.67 bits per heavy atom. The highest BCUT2D eigenvalue weighted by molar-refractivity contribution is 9.10. The molecule has 0 fully saturated rings. The Kier molecular flexibility index (Phi) is 5.59. The van der Waals surface area contributed by atoms with Crippen molar-refractivity contribution in [1.82, 2.24) is 4.98 Å². The number of aliphatic hydroxyl groups excluding tert-OH is 1. The van der Waals surface area contributed by atoms with E-state index in [2.05, 4.69) is 20.9 Å². The Labute approximate surface area is 132 Å². The molecule has 1 N–H and O–H groups in total. The second kappa shape index (κ2) is 7.43. The minimum absolute atomic E-state index is 0.598. The number of halogens is 1. The van der Waals surface area contributed by atoms with E-state index in [1.165, 1.54) is 0 Å².